The fourth-order valence-electron chi connectivity index (χ4n) is 3.35. The highest BCUT2D eigenvalue weighted by atomic mass is 35.5. The number of rotatable bonds is 5. The van der Waals surface area contributed by atoms with Crippen LogP contribution in [0, 0.1) is 0 Å². The summed E-state index contributed by atoms with van der Waals surface area (Å²) in [6.45, 7) is 1.90. The molecule has 1 heterocycles. The quantitative estimate of drug-likeness (QED) is 0.776. The number of hydrogen-bond acceptors (Lipinski definition) is 3. The third kappa shape index (κ3) is 4.87. The lowest BCUT2D eigenvalue weighted by molar-refractivity contribution is -0.139. The Kier molecular flexibility index (Phi) is 6.48. The van der Waals surface area contributed by atoms with Gasteiger partial charge in [0.05, 0.1) is 0 Å². The standard InChI is InChI=1S/C21H23ClN2O3/c22-18-9-5-4-6-16(18)14-23-19(25)20(26)24-15-21(10-12-27-13-11-21)17-7-2-1-3-8-17/h1-9H,10-15H2,(H,23,25)(H,24,26). The second-order valence-corrected chi connectivity index (χ2v) is 7.12. The van der Waals surface area contributed by atoms with E-state index in [9.17, 15) is 9.59 Å². The van der Waals surface area contributed by atoms with Gasteiger partial charge in [0.25, 0.3) is 0 Å². The molecule has 2 aromatic carbocycles. The average Bonchev–Trinajstić information content (AvgIpc) is 2.72. The normalized spacial score (nSPS) is 15.7. The van der Waals surface area contributed by atoms with Crippen molar-refractivity contribution in [3.05, 3.63) is 70.7 Å². The van der Waals surface area contributed by atoms with Gasteiger partial charge in [0.2, 0.25) is 0 Å². The van der Waals surface area contributed by atoms with E-state index in [2.05, 4.69) is 22.8 Å². The molecule has 0 radical (unpaired) electrons. The maximum Gasteiger partial charge on any atom is 0.309 e. The average molecular weight is 387 g/mol. The molecule has 1 aliphatic heterocycles. The monoisotopic (exact) mass is 386 g/mol. The molecule has 0 unspecified atom stereocenters. The van der Waals surface area contributed by atoms with Crippen LogP contribution in [-0.4, -0.2) is 31.6 Å². The minimum Gasteiger partial charge on any atom is -0.381 e. The molecule has 0 atom stereocenters. The smallest absolute Gasteiger partial charge is 0.309 e. The summed E-state index contributed by atoms with van der Waals surface area (Å²) in [6.07, 6.45) is 1.61. The molecule has 1 saturated heterocycles. The highest BCUT2D eigenvalue weighted by Gasteiger charge is 2.35. The molecular formula is C21H23ClN2O3. The summed E-state index contributed by atoms with van der Waals surface area (Å²) in [7, 11) is 0. The summed E-state index contributed by atoms with van der Waals surface area (Å²) in [5, 5.41) is 5.98. The lowest BCUT2D eigenvalue weighted by atomic mass is 9.74. The van der Waals surface area contributed by atoms with E-state index in [-0.39, 0.29) is 12.0 Å². The fourth-order valence-corrected chi connectivity index (χ4v) is 3.55. The van der Waals surface area contributed by atoms with Crippen molar-refractivity contribution in [1.82, 2.24) is 10.6 Å². The number of ether oxygens (including phenoxy) is 1. The van der Waals surface area contributed by atoms with Crippen LogP contribution in [0.3, 0.4) is 0 Å². The van der Waals surface area contributed by atoms with Crippen LogP contribution in [0.15, 0.2) is 54.6 Å². The first-order valence-electron chi connectivity index (χ1n) is 9.03. The van der Waals surface area contributed by atoms with Crippen LogP contribution < -0.4 is 10.6 Å². The number of amides is 2. The fraction of sp³-hybridized carbons (Fsp3) is 0.333. The number of benzene rings is 2. The van der Waals surface area contributed by atoms with Gasteiger partial charge in [-0.2, -0.15) is 0 Å². The minimum absolute atomic E-state index is 0.210. The lowest BCUT2D eigenvalue weighted by Gasteiger charge is -2.37. The van der Waals surface area contributed by atoms with E-state index < -0.39 is 11.8 Å². The molecule has 3 rings (SSSR count). The Bertz CT molecular complexity index is 789. The van der Waals surface area contributed by atoms with Gasteiger partial charge >= 0.3 is 11.8 Å². The predicted molar refractivity (Wildman–Crippen MR) is 104 cm³/mol. The van der Waals surface area contributed by atoms with Crippen molar-refractivity contribution < 1.29 is 14.3 Å². The summed E-state index contributed by atoms with van der Waals surface area (Å²) < 4.78 is 5.49. The van der Waals surface area contributed by atoms with Crippen LogP contribution in [0.25, 0.3) is 0 Å². The number of halogens is 1. The molecule has 0 spiro atoms. The second kappa shape index (κ2) is 9.02. The van der Waals surface area contributed by atoms with Gasteiger partial charge in [0, 0.05) is 36.7 Å². The molecule has 0 saturated carbocycles. The molecule has 1 aliphatic rings. The second-order valence-electron chi connectivity index (χ2n) is 6.72. The minimum atomic E-state index is -0.662. The zero-order valence-corrected chi connectivity index (χ0v) is 15.8. The van der Waals surface area contributed by atoms with Gasteiger partial charge in [-0.25, -0.2) is 0 Å². The topological polar surface area (TPSA) is 67.4 Å². The molecule has 2 N–H and O–H groups in total. The predicted octanol–water partition coefficient (Wildman–Crippen LogP) is 2.82. The highest BCUT2D eigenvalue weighted by molar-refractivity contribution is 6.35. The Hall–Kier alpha value is -2.37. The molecular weight excluding hydrogens is 364 g/mol. The van der Waals surface area contributed by atoms with E-state index in [0.29, 0.717) is 24.8 Å². The molecule has 2 amide bonds. The van der Waals surface area contributed by atoms with Crippen LogP contribution in [0.5, 0.6) is 0 Å². The van der Waals surface area contributed by atoms with Crippen molar-refractivity contribution in [2.24, 2.45) is 0 Å². The van der Waals surface area contributed by atoms with Gasteiger partial charge in [-0.15, -0.1) is 0 Å². The van der Waals surface area contributed by atoms with Crippen molar-refractivity contribution in [3.8, 4) is 0 Å². The maximum atomic E-state index is 12.3. The summed E-state index contributed by atoms with van der Waals surface area (Å²) in [6, 6.07) is 17.3. The third-order valence-electron chi connectivity index (χ3n) is 5.03. The van der Waals surface area contributed by atoms with E-state index in [1.165, 1.54) is 0 Å². The largest absolute Gasteiger partial charge is 0.381 e. The summed E-state index contributed by atoms with van der Waals surface area (Å²) >= 11 is 6.07. The molecule has 0 aliphatic carbocycles. The van der Waals surface area contributed by atoms with E-state index in [4.69, 9.17) is 16.3 Å². The highest BCUT2D eigenvalue weighted by Crippen LogP contribution is 2.34. The number of carbonyl (C=O) groups excluding carboxylic acids is 2. The zero-order chi connectivity index (χ0) is 19.1. The Morgan fingerprint density at radius 1 is 0.926 bits per heavy atom. The molecule has 5 nitrogen and oxygen atoms in total. The van der Waals surface area contributed by atoms with Crippen LogP contribution in [0.4, 0.5) is 0 Å². The molecule has 2 aromatic rings. The van der Waals surface area contributed by atoms with Crippen molar-refractivity contribution in [3.63, 3.8) is 0 Å². The third-order valence-corrected chi connectivity index (χ3v) is 5.40. The maximum absolute atomic E-state index is 12.3. The molecule has 27 heavy (non-hydrogen) atoms. The van der Waals surface area contributed by atoms with Gasteiger partial charge in [-0.1, -0.05) is 60.1 Å². The van der Waals surface area contributed by atoms with Crippen molar-refractivity contribution >= 4 is 23.4 Å². The van der Waals surface area contributed by atoms with Crippen LogP contribution in [-0.2, 0) is 26.3 Å². The Labute approximate surface area is 164 Å². The summed E-state index contributed by atoms with van der Waals surface area (Å²) in [5.74, 6) is -1.30. The zero-order valence-electron chi connectivity index (χ0n) is 15.0. The van der Waals surface area contributed by atoms with Gasteiger partial charge < -0.3 is 15.4 Å². The Morgan fingerprint density at radius 2 is 1.56 bits per heavy atom. The van der Waals surface area contributed by atoms with Gasteiger partial charge in [-0.3, -0.25) is 9.59 Å². The molecule has 0 bridgehead atoms. The molecule has 142 valence electrons. The molecule has 0 aromatic heterocycles. The number of carbonyl (C=O) groups is 2. The first-order valence-corrected chi connectivity index (χ1v) is 9.41. The van der Waals surface area contributed by atoms with Crippen LogP contribution in [0.1, 0.15) is 24.0 Å². The van der Waals surface area contributed by atoms with E-state index >= 15 is 0 Å². The van der Waals surface area contributed by atoms with Crippen molar-refractivity contribution in [1.29, 1.82) is 0 Å². The van der Waals surface area contributed by atoms with Crippen LogP contribution >= 0.6 is 11.6 Å². The first-order chi connectivity index (χ1) is 13.1. The van der Waals surface area contributed by atoms with Crippen LogP contribution in [0.2, 0.25) is 5.02 Å². The van der Waals surface area contributed by atoms with Gasteiger partial charge in [-0.05, 0) is 30.0 Å². The summed E-state index contributed by atoms with van der Waals surface area (Å²) in [4.78, 5) is 24.4. The van der Waals surface area contributed by atoms with E-state index in [1.54, 1.807) is 6.07 Å². The van der Waals surface area contributed by atoms with Crippen molar-refractivity contribution in [2.45, 2.75) is 24.8 Å². The summed E-state index contributed by atoms with van der Waals surface area (Å²) in [5.41, 5.74) is 1.72. The Balaban J connectivity index is 1.59. The van der Waals surface area contributed by atoms with Crippen molar-refractivity contribution in [2.75, 3.05) is 19.8 Å². The molecule has 1 fully saturated rings. The SMILES string of the molecule is O=C(NCc1ccccc1Cl)C(=O)NCC1(c2ccccc2)CCOCC1. The number of hydrogen-bond donors (Lipinski definition) is 2. The molecule has 6 heteroatoms. The lowest BCUT2D eigenvalue weighted by Crippen LogP contribution is -2.48. The Morgan fingerprint density at radius 3 is 2.26 bits per heavy atom. The first kappa shape index (κ1) is 19.4. The van der Waals surface area contributed by atoms with E-state index in [0.717, 1.165) is 24.0 Å². The van der Waals surface area contributed by atoms with Gasteiger partial charge in [0.1, 0.15) is 0 Å². The van der Waals surface area contributed by atoms with E-state index in [1.807, 2.05) is 36.4 Å². The van der Waals surface area contributed by atoms with Gasteiger partial charge in [0.15, 0.2) is 0 Å². The number of nitrogens with one attached hydrogen (secondary N) is 2.